The van der Waals surface area contributed by atoms with Crippen molar-refractivity contribution in [3.05, 3.63) is 29.8 Å². The number of likely N-dealkylation sites (N-methyl/N-ethyl adjacent to an activating group) is 2. The van der Waals surface area contributed by atoms with E-state index < -0.39 is 0 Å². The van der Waals surface area contributed by atoms with Gasteiger partial charge in [-0.25, -0.2) is 0 Å². The van der Waals surface area contributed by atoms with Gasteiger partial charge in [-0.1, -0.05) is 18.2 Å². The van der Waals surface area contributed by atoms with E-state index in [4.69, 9.17) is 4.74 Å². The number of amides is 1. The molecule has 1 aromatic carbocycles. The number of nitrogens with zero attached hydrogens (tertiary/aromatic N) is 2. The van der Waals surface area contributed by atoms with Gasteiger partial charge >= 0.3 is 0 Å². The Morgan fingerprint density at radius 3 is 2.95 bits per heavy atom. The van der Waals surface area contributed by atoms with Crippen LogP contribution in [0.5, 0.6) is 5.75 Å². The van der Waals surface area contributed by atoms with Crippen LogP contribution in [0, 0.1) is 0 Å². The van der Waals surface area contributed by atoms with E-state index in [1.54, 1.807) is 12.0 Å². The van der Waals surface area contributed by atoms with Crippen molar-refractivity contribution >= 4 is 5.91 Å². The van der Waals surface area contributed by atoms with Crippen LogP contribution in [0.2, 0.25) is 0 Å². The predicted octanol–water partition coefficient (Wildman–Crippen LogP) is 1.34. The van der Waals surface area contributed by atoms with Gasteiger partial charge in [-0.3, -0.25) is 9.69 Å². The molecule has 1 aliphatic rings. The van der Waals surface area contributed by atoms with Crippen LogP contribution in [0.4, 0.5) is 0 Å². The van der Waals surface area contributed by atoms with Gasteiger partial charge < -0.3 is 15.0 Å². The topological polar surface area (TPSA) is 44.8 Å². The molecule has 1 N–H and O–H groups in total. The number of hydrogen-bond donors (Lipinski definition) is 1. The number of ether oxygens (including phenoxy) is 1. The van der Waals surface area contributed by atoms with Crippen LogP contribution in [-0.2, 0) is 11.3 Å². The number of carbonyl (C=O) groups is 1. The first kappa shape index (κ1) is 16.8. The molecule has 0 saturated carbocycles. The van der Waals surface area contributed by atoms with Gasteiger partial charge in [0, 0.05) is 31.7 Å². The quantitative estimate of drug-likeness (QED) is 0.861. The lowest BCUT2D eigenvalue weighted by atomic mass is 10.1. The zero-order chi connectivity index (χ0) is 15.9. The molecule has 1 fully saturated rings. The Bertz CT molecular complexity index is 493. The Hall–Kier alpha value is -1.59. The maximum absolute atomic E-state index is 12.4. The second-order valence-corrected chi connectivity index (χ2v) is 5.92. The highest BCUT2D eigenvalue weighted by atomic mass is 16.5. The normalized spacial score (nSPS) is 19.0. The average molecular weight is 305 g/mol. The maximum Gasteiger partial charge on any atom is 0.236 e. The fourth-order valence-corrected chi connectivity index (χ4v) is 2.92. The summed E-state index contributed by atoms with van der Waals surface area (Å²) in [6.45, 7) is 3.02. The predicted molar refractivity (Wildman–Crippen MR) is 88.0 cm³/mol. The second kappa shape index (κ2) is 8.15. The van der Waals surface area contributed by atoms with E-state index in [-0.39, 0.29) is 5.91 Å². The van der Waals surface area contributed by atoms with Crippen molar-refractivity contribution in [1.82, 2.24) is 15.1 Å². The summed E-state index contributed by atoms with van der Waals surface area (Å²) in [4.78, 5) is 16.5. The highest BCUT2D eigenvalue weighted by Gasteiger charge is 2.22. The zero-order valence-electron chi connectivity index (χ0n) is 13.8. The fourth-order valence-electron chi connectivity index (χ4n) is 2.92. The number of carbonyl (C=O) groups excluding carboxylic acids is 1. The molecule has 0 spiro atoms. The van der Waals surface area contributed by atoms with Gasteiger partial charge in [-0.05, 0) is 32.5 Å². The van der Waals surface area contributed by atoms with Crippen molar-refractivity contribution in [2.24, 2.45) is 0 Å². The molecule has 1 amide bonds. The standard InChI is InChI=1S/C17H27N3O2/c1-18-15-8-6-10-20(12-15)13-17(21)19(2)11-14-7-4-5-9-16(14)22-3/h4-5,7,9,15,18H,6,8,10-13H2,1-3H3. The van der Waals surface area contributed by atoms with Crippen LogP contribution in [0.1, 0.15) is 18.4 Å². The summed E-state index contributed by atoms with van der Waals surface area (Å²) in [6, 6.07) is 8.34. The molecule has 22 heavy (non-hydrogen) atoms. The van der Waals surface area contributed by atoms with Crippen LogP contribution in [0.25, 0.3) is 0 Å². The SMILES string of the molecule is CNC1CCCN(CC(=O)N(C)Cc2ccccc2OC)C1. The minimum Gasteiger partial charge on any atom is -0.496 e. The summed E-state index contributed by atoms with van der Waals surface area (Å²) in [7, 11) is 5.50. The van der Waals surface area contributed by atoms with Crippen molar-refractivity contribution < 1.29 is 9.53 Å². The van der Waals surface area contributed by atoms with Gasteiger partial charge in [0.05, 0.1) is 13.7 Å². The molecule has 0 aromatic heterocycles. The molecule has 1 aromatic rings. The monoisotopic (exact) mass is 305 g/mol. The van der Waals surface area contributed by atoms with E-state index in [1.807, 2.05) is 38.4 Å². The van der Waals surface area contributed by atoms with E-state index in [9.17, 15) is 4.79 Å². The summed E-state index contributed by atoms with van der Waals surface area (Å²) in [5.41, 5.74) is 1.03. The Kier molecular flexibility index (Phi) is 6.21. The van der Waals surface area contributed by atoms with E-state index in [2.05, 4.69) is 10.2 Å². The van der Waals surface area contributed by atoms with E-state index in [1.165, 1.54) is 6.42 Å². The van der Waals surface area contributed by atoms with E-state index in [0.717, 1.165) is 30.8 Å². The molecule has 0 bridgehead atoms. The first-order chi connectivity index (χ1) is 10.6. The van der Waals surface area contributed by atoms with Crippen LogP contribution in [0.15, 0.2) is 24.3 Å². The number of piperidine rings is 1. The largest absolute Gasteiger partial charge is 0.496 e. The minimum atomic E-state index is 0.155. The highest BCUT2D eigenvalue weighted by molar-refractivity contribution is 5.78. The Morgan fingerprint density at radius 1 is 1.45 bits per heavy atom. The first-order valence-electron chi connectivity index (χ1n) is 7.89. The molecule has 1 aliphatic heterocycles. The lowest BCUT2D eigenvalue weighted by Gasteiger charge is -2.33. The molecular formula is C17H27N3O2. The van der Waals surface area contributed by atoms with Crippen LogP contribution < -0.4 is 10.1 Å². The third kappa shape index (κ3) is 4.45. The number of nitrogens with one attached hydrogen (secondary N) is 1. The fraction of sp³-hybridized carbons (Fsp3) is 0.588. The van der Waals surface area contributed by atoms with Crippen molar-refractivity contribution in [2.75, 3.05) is 40.8 Å². The van der Waals surface area contributed by atoms with E-state index in [0.29, 0.717) is 19.1 Å². The third-order valence-electron chi connectivity index (χ3n) is 4.30. The average Bonchev–Trinajstić information content (AvgIpc) is 2.55. The van der Waals surface area contributed by atoms with Crippen LogP contribution >= 0.6 is 0 Å². The van der Waals surface area contributed by atoms with Crippen molar-refractivity contribution in [1.29, 1.82) is 0 Å². The van der Waals surface area contributed by atoms with Gasteiger partial charge in [0.15, 0.2) is 0 Å². The zero-order valence-corrected chi connectivity index (χ0v) is 13.8. The minimum absolute atomic E-state index is 0.155. The molecule has 0 aliphatic carbocycles. The molecule has 1 heterocycles. The van der Waals surface area contributed by atoms with Crippen LogP contribution in [0.3, 0.4) is 0 Å². The summed E-state index contributed by atoms with van der Waals surface area (Å²) in [5, 5.41) is 3.31. The number of likely N-dealkylation sites (tertiary alicyclic amines) is 1. The van der Waals surface area contributed by atoms with Gasteiger partial charge in [0.25, 0.3) is 0 Å². The van der Waals surface area contributed by atoms with Gasteiger partial charge in [-0.2, -0.15) is 0 Å². The van der Waals surface area contributed by atoms with Gasteiger partial charge in [0.2, 0.25) is 5.91 Å². The summed E-state index contributed by atoms with van der Waals surface area (Å²) in [5.74, 6) is 0.984. The molecule has 0 radical (unpaired) electrons. The lowest BCUT2D eigenvalue weighted by Crippen LogP contribution is -2.48. The Labute approximate surface area is 133 Å². The first-order valence-corrected chi connectivity index (χ1v) is 7.89. The van der Waals surface area contributed by atoms with Crippen LogP contribution in [-0.4, -0.2) is 62.6 Å². The van der Waals surface area contributed by atoms with Gasteiger partial charge in [0.1, 0.15) is 5.75 Å². The van der Waals surface area contributed by atoms with E-state index >= 15 is 0 Å². The smallest absolute Gasteiger partial charge is 0.236 e. The summed E-state index contributed by atoms with van der Waals surface area (Å²) in [6.07, 6.45) is 2.34. The number of para-hydroxylation sites is 1. The molecule has 1 atom stereocenters. The third-order valence-corrected chi connectivity index (χ3v) is 4.30. The molecule has 5 nitrogen and oxygen atoms in total. The number of benzene rings is 1. The van der Waals surface area contributed by atoms with Crippen molar-refractivity contribution in [3.8, 4) is 5.75 Å². The molecule has 5 heteroatoms. The molecule has 1 saturated heterocycles. The summed E-state index contributed by atoms with van der Waals surface area (Å²) >= 11 is 0. The number of methoxy groups -OCH3 is 1. The molecule has 2 rings (SSSR count). The highest BCUT2D eigenvalue weighted by Crippen LogP contribution is 2.19. The molecular weight excluding hydrogens is 278 g/mol. The Morgan fingerprint density at radius 2 is 2.23 bits per heavy atom. The summed E-state index contributed by atoms with van der Waals surface area (Å²) < 4.78 is 5.35. The molecule has 1 unspecified atom stereocenters. The Balaban J connectivity index is 1.89. The van der Waals surface area contributed by atoms with Gasteiger partial charge in [-0.15, -0.1) is 0 Å². The maximum atomic E-state index is 12.4. The number of rotatable bonds is 6. The van der Waals surface area contributed by atoms with Crippen molar-refractivity contribution in [2.45, 2.75) is 25.4 Å². The van der Waals surface area contributed by atoms with Crippen molar-refractivity contribution in [3.63, 3.8) is 0 Å². The number of hydrogen-bond acceptors (Lipinski definition) is 4. The lowest BCUT2D eigenvalue weighted by molar-refractivity contribution is -0.132. The second-order valence-electron chi connectivity index (χ2n) is 5.92. The molecule has 122 valence electrons.